The number of benzene rings is 2. The molecule has 4 rings (SSSR count). The number of fused-ring (bicyclic) bond motifs is 1. The van der Waals surface area contributed by atoms with Crippen molar-refractivity contribution in [1.82, 2.24) is 15.0 Å². The van der Waals surface area contributed by atoms with Crippen LogP contribution in [0.2, 0.25) is 0 Å². The number of aromatic nitrogens is 3. The summed E-state index contributed by atoms with van der Waals surface area (Å²) < 4.78 is 0. The third-order valence-electron chi connectivity index (χ3n) is 5.32. The minimum atomic E-state index is -0.430. The van der Waals surface area contributed by atoms with Gasteiger partial charge in [0.2, 0.25) is 0 Å². The normalized spacial score (nSPS) is 12.1. The molecule has 0 aliphatic heterocycles. The van der Waals surface area contributed by atoms with Crippen LogP contribution in [0.1, 0.15) is 31.9 Å². The van der Waals surface area contributed by atoms with Crippen LogP contribution in [0.3, 0.4) is 0 Å². The van der Waals surface area contributed by atoms with Crippen molar-refractivity contribution in [3.05, 3.63) is 78.6 Å². The highest BCUT2D eigenvalue weighted by Gasteiger charge is 2.14. The zero-order chi connectivity index (χ0) is 21.6. The molecular formula is C26H25N3O2. The molecule has 31 heavy (non-hydrogen) atoms. The molecule has 2 aromatic heterocycles. The van der Waals surface area contributed by atoms with Crippen LogP contribution in [0, 0.1) is 0 Å². The van der Waals surface area contributed by atoms with E-state index in [1.807, 2.05) is 61.5 Å². The monoisotopic (exact) mass is 411 g/mol. The summed E-state index contributed by atoms with van der Waals surface area (Å²) in [5.41, 5.74) is 5.73. The molecule has 0 aliphatic rings. The summed E-state index contributed by atoms with van der Waals surface area (Å²) in [5.74, 6) is 0.0540. The smallest absolute Gasteiger partial charge is 0.178 e. The van der Waals surface area contributed by atoms with E-state index in [0.29, 0.717) is 36.1 Å². The predicted octanol–water partition coefficient (Wildman–Crippen LogP) is 5.02. The van der Waals surface area contributed by atoms with Crippen LogP contribution < -0.4 is 0 Å². The maximum Gasteiger partial charge on any atom is 0.178 e. The molecule has 2 heterocycles. The Balaban J connectivity index is 1.70. The lowest BCUT2D eigenvalue weighted by Gasteiger charge is -2.11. The molecule has 1 atom stereocenters. The number of ketones is 1. The number of aliphatic hydroxyl groups excluding tert-OH is 1. The molecular weight excluding hydrogens is 386 g/mol. The quantitative estimate of drug-likeness (QED) is 0.440. The number of hydrogen-bond acceptors (Lipinski definition) is 5. The number of carbonyl (C=O) groups excluding carboxylic acids is 1. The van der Waals surface area contributed by atoms with Crippen LogP contribution >= 0.6 is 0 Å². The Morgan fingerprint density at radius 1 is 0.968 bits per heavy atom. The van der Waals surface area contributed by atoms with Crippen LogP contribution in [-0.4, -0.2) is 31.9 Å². The molecule has 5 nitrogen and oxygen atoms in total. The first-order valence-corrected chi connectivity index (χ1v) is 10.6. The van der Waals surface area contributed by atoms with Crippen LogP contribution in [0.5, 0.6) is 0 Å². The lowest BCUT2D eigenvalue weighted by atomic mass is 9.99. The first kappa shape index (κ1) is 20.8. The number of hydrogen-bond donors (Lipinski definition) is 1. The fourth-order valence-electron chi connectivity index (χ4n) is 3.55. The standard InChI is InChI=1S/C26H25N3O2/c1-2-21(30)13-14-22(31)15-20-17-27-26-24(28-20)16-23(18-9-5-3-6-10-18)25(29-26)19-11-7-4-8-12-19/h3-12,16-17,21,30H,2,13-15H2,1H3/t21-/m1/s1. The summed E-state index contributed by atoms with van der Waals surface area (Å²) in [7, 11) is 0. The van der Waals surface area contributed by atoms with E-state index in [4.69, 9.17) is 4.98 Å². The second-order valence-electron chi connectivity index (χ2n) is 7.64. The first-order valence-electron chi connectivity index (χ1n) is 10.6. The van der Waals surface area contributed by atoms with Crippen molar-refractivity contribution < 1.29 is 9.90 Å². The van der Waals surface area contributed by atoms with Crippen molar-refractivity contribution in [3.8, 4) is 22.4 Å². The van der Waals surface area contributed by atoms with Gasteiger partial charge in [-0.05, 0) is 24.5 Å². The second-order valence-corrected chi connectivity index (χ2v) is 7.64. The van der Waals surface area contributed by atoms with E-state index in [1.54, 1.807) is 6.20 Å². The van der Waals surface area contributed by atoms with Crippen molar-refractivity contribution in [1.29, 1.82) is 0 Å². The van der Waals surface area contributed by atoms with Crippen molar-refractivity contribution in [2.75, 3.05) is 0 Å². The van der Waals surface area contributed by atoms with Gasteiger partial charge in [0.25, 0.3) is 0 Å². The van der Waals surface area contributed by atoms with Crippen molar-refractivity contribution in [3.63, 3.8) is 0 Å². The predicted molar refractivity (Wildman–Crippen MR) is 122 cm³/mol. The molecule has 0 amide bonds. The van der Waals surface area contributed by atoms with Crippen molar-refractivity contribution in [2.24, 2.45) is 0 Å². The molecule has 0 saturated heterocycles. The van der Waals surface area contributed by atoms with Crippen LogP contribution in [0.15, 0.2) is 72.9 Å². The number of aliphatic hydroxyl groups is 1. The average Bonchev–Trinajstić information content (AvgIpc) is 2.82. The van der Waals surface area contributed by atoms with E-state index in [1.165, 1.54) is 0 Å². The molecule has 0 bridgehead atoms. The van der Waals surface area contributed by atoms with E-state index < -0.39 is 6.10 Å². The topological polar surface area (TPSA) is 76.0 Å². The fraction of sp³-hybridized carbons (Fsp3) is 0.231. The summed E-state index contributed by atoms with van der Waals surface area (Å²) in [4.78, 5) is 26.3. The first-order chi connectivity index (χ1) is 15.1. The molecule has 0 unspecified atom stereocenters. The Morgan fingerprint density at radius 3 is 2.32 bits per heavy atom. The van der Waals surface area contributed by atoms with Crippen LogP contribution in [-0.2, 0) is 11.2 Å². The Morgan fingerprint density at radius 2 is 1.65 bits per heavy atom. The highest BCUT2D eigenvalue weighted by molar-refractivity contribution is 5.88. The second kappa shape index (κ2) is 9.58. The number of Topliss-reactive ketones (excluding diaryl/α,β-unsaturated/α-hetero) is 1. The Kier molecular flexibility index (Phi) is 6.43. The van der Waals surface area contributed by atoms with Gasteiger partial charge in [0.1, 0.15) is 11.3 Å². The number of rotatable bonds is 8. The zero-order valence-corrected chi connectivity index (χ0v) is 17.5. The minimum absolute atomic E-state index is 0.0540. The van der Waals surface area contributed by atoms with Gasteiger partial charge in [-0.25, -0.2) is 15.0 Å². The van der Waals surface area contributed by atoms with Gasteiger partial charge < -0.3 is 5.11 Å². The molecule has 0 spiro atoms. The van der Waals surface area contributed by atoms with E-state index in [2.05, 4.69) is 22.1 Å². The van der Waals surface area contributed by atoms with Crippen molar-refractivity contribution >= 4 is 16.9 Å². The van der Waals surface area contributed by atoms with Gasteiger partial charge in [-0.2, -0.15) is 0 Å². The van der Waals surface area contributed by atoms with Gasteiger partial charge >= 0.3 is 0 Å². The average molecular weight is 412 g/mol. The molecule has 0 saturated carbocycles. The Bertz CT molecular complexity index is 1180. The van der Waals surface area contributed by atoms with E-state index in [9.17, 15) is 9.90 Å². The number of nitrogens with zero attached hydrogens (tertiary/aromatic N) is 3. The molecule has 156 valence electrons. The lowest BCUT2D eigenvalue weighted by molar-refractivity contribution is -0.119. The maximum atomic E-state index is 12.3. The molecule has 5 heteroatoms. The molecule has 0 aliphatic carbocycles. The minimum Gasteiger partial charge on any atom is -0.393 e. The van der Waals surface area contributed by atoms with Crippen molar-refractivity contribution in [2.45, 2.75) is 38.7 Å². The Labute approximate surface area is 181 Å². The SMILES string of the molecule is CC[C@@H](O)CCC(=O)Cc1cnc2nc(-c3ccccc3)c(-c3ccccc3)cc2n1. The van der Waals surface area contributed by atoms with Gasteiger partial charge in [-0.1, -0.05) is 67.6 Å². The lowest BCUT2D eigenvalue weighted by Crippen LogP contribution is -2.11. The van der Waals surface area contributed by atoms with E-state index >= 15 is 0 Å². The third kappa shape index (κ3) is 5.01. The summed E-state index contributed by atoms with van der Waals surface area (Å²) in [6.07, 6.45) is 2.88. The molecule has 0 radical (unpaired) electrons. The van der Waals surface area contributed by atoms with Crippen LogP contribution in [0.25, 0.3) is 33.5 Å². The highest BCUT2D eigenvalue weighted by Crippen LogP contribution is 2.32. The van der Waals surface area contributed by atoms with Gasteiger partial charge in [0, 0.05) is 17.5 Å². The maximum absolute atomic E-state index is 12.3. The Hall–Kier alpha value is -3.44. The summed E-state index contributed by atoms with van der Waals surface area (Å²) >= 11 is 0. The zero-order valence-electron chi connectivity index (χ0n) is 17.5. The number of pyridine rings is 1. The van der Waals surface area contributed by atoms with E-state index in [-0.39, 0.29) is 12.2 Å². The fourth-order valence-corrected chi connectivity index (χ4v) is 3.55. The molecule has 1 N–H and O–H groups in total. The van der Waals surface area contributed by atoms with E-state index in [0.717, 1.165) is 22.4 Å². The number of carbonyl (C=O) groups is 1. The highest BCUT2D eigenvalue weighted by atomic mass is 16.3. The summed E-state index contributed by atoms with van der Waals surface area (Å²) in [5, 5.41) is 9.68. The van der Waals surface area contributed by atoms with Gasteiger partial charge in [0.15, 0.2) is 5.65 Å². The van der Waals surface area contributed by atoms with Gasteiger partial charge in [-0.15, -0.1) is 0 Å². The third-order valence-corrected chi connectivity index (χ3v) is 5.32. The van der Waals surface area contributed by atoms with Gasteiger partial charge in [-0.3, -0.25) is 4.79 Å². The van der Waals surface area contributed by atoms with Crippen LogP contribution in [0.4, 0.5) is 0 Å². The molecule has 2 aromatic carbocycles. The molecule has 4 aromatic rings. The van der Waals surface area contributed by atoms with Gasteiger partial charge in [0.05, 0.1) is 30.1 Å². The largest absolute Gasteiger partial charge is 0.393 e. The molecule has 0 fully saturated rings. The summed E-state index contributed by atoms with van der Waals surface area (Å²) in [6, 6.07) is 22.1. The summed E-state index contributed by atoms with van der Waals surface area (Å²) in [6.45, 7) is 1.91.